The van der Waals surface area contributed by atoms with Crippen LogP contribution in [0.1, 0.15) is 43.7 Å². The number of hydrogen-bond acceptors (Lipinski definition) is 2. The van der Waals surface area contributed by atoms with Gasteiger partial charge >= 0.3 is 0 Å². The van der Waals surface area contributed by atoms with Crippen LogP contribution in [0.4, 0.5) is 0 Å². The van der Waals surface area contributed by atoms with Gasteiger partial charge in [-0.2, -0.15) is 0 Å². The van der Waals surface area contributed by atoms with Crippen molar-refractivity contribution in [3.8, 4) is 0 Å². The van der Waals surface area contributed by atoms with E-state index in [1.54, 1.807) is 0 Å². The molecule has 1 aromatic heterocycles. The summed E-state index contributed by atoms with van der Waals surface area (Å²) in [6.07, 6.45) is 12.2. The van der Waals surface area contributed by atoms with Crippen molar-refractivity contribution in [2.75, 3.05) is 0 Å². The first-order valence-corrected chi connectivity index (χ1v) is 7.11. The quantitative estimate of drug-likeness (QED) is 0.834. The molecule has 0 fully saturated rings. The smallest absolute Gasteiger partial charge is 0.0346 e. The highest BCUT2D eigenvalue weighted by Crippen LogP contribution is 2.29. The Morgan fingerprint density at radius 3 is 3.00 bits per heavy atom. The van der Waals surface area contributed by atoms with Gasteiger partial charge in [0.25, 0.3) is 0 Å². The van der Waals surface area contributed by atoms with Crippen molar-refractivity contribution in [3.63, 3.8) is 0 Å². The Labute approximate surface area is 114 Å². The number of allylic oxidation sites excluding steroid dienone is 1. The Hall–Kier alpha value is -1.67. The third-order valence-electron chi connectivity index (χ3n) is 3.98. The van der Waals surface area contributed by atoms with E-state index in [-0.39, 0.29) is 6.04 Å². The van der Waals surface area contributed by atoms with Crippen molar-refractivity contribution in [2.45, 2.75) is 38.1 Å². The van der Waals surface area contributed by atoms with E-state index in [1.165, 1.54) is 47.6 Å². The molecule has 1 unspecified atom stereocenters. The van der Waals surface area contributed by atoms with Crippen LogP contribution >= 0.6 is 0 Å². The molecule has 0 saturated heterocycles. The largest absolute Gasteiger partial charge is 0.324 e. The van der Waals surface area contributed by atoms with E-state index in [0.29, 0.717) is 0 Å². The molecule has 2 nitrogen and oxygen atoms in total. The molecule has 1 aromatic carbocycles. The van der Waals surface area contributed by atoms with Gasteiger partial charge in [0, 0.05) is 23.8 Å². The molecule has 0 bridgehead atoms. The molecule has 1 aliphatic rings. The zero-order valence-electron chi connectivity index (χ0n) is 11.2. The molecular weight excluding hydrogens is 232 g/mol. The van der Waals surface area contributed by atoms with Crippen molar-refractivity contribution in [2.24, 2.45) is 5.73 Å². The van der Waals surface area contributed by atoms with Gasteiger partial charge in [0.05, 0.1) is 0 Å². The fraction of sp³-hybridized carbons (Fsp3) is 0.353. The molecule has 98 valence electrons. The third-order valence-corrected chi connectivity index (χ3v) is 3.98. The van der Waals surface area contributed by atoms with Crippen molar-refractivity contribution in [3.05, 3.63) is 53.9 Å². The first-order chi connectivity index (χ1) is 9.34. The molecule has 0 aliphatic heterocycles. The second kappa shape index (κ2) is 5.54. The maximum atomic E-state index is 6.43. The van der Waals surface area contributed by atoms with Crippen LogP contribution in [0.5, 0.6) is 0 Å². The van der Waals surface area contributed by atoms with E-state index in [0.717, 1.165) is 6.42 Å². The van der Waals surface area contributed by atoms with Crippen LogP contribution in [-0.4, -0.2) is 4.98 Å². The average molecular weight is 252 g/mol. The monoisotopic (exact) mass is 252 g/mol. The highest BCUT2D eigenvalue weighted by Gasteiger charge is 2.13. The molecule has 0 radical (unpaired) electrons. The third kappa shape index (κ3) is 2.69. The predicted octanol–water partition coefficient (Wildman–Crippen LogP) is 4.13. The Morgan fingerprint density at radius 1 is 1.21 bits per heavy atom. The molecule has 2 N–H and O–H groups in total. The van der Waals surface area contributed by atoms with Gasteiger partial charge in [-0.05, 0) is 49.1 Å². The van der Waals surface area contributed by atoms with Crippen molar-refractivity contribution >= 4 is 10.8 Å². The van der Waals surface area contributed by atoms with Crippen LogP contribution in [0, 0.1) is 0 Å². The van der Waals surface area contributed by atoms with Gasteiger partial charge in [0.2, 0.25) is 0 Å². The predicted molar refractivity (Wildman–Crippen MR) is 79.8 cm³/mol. The van der Waals surface area contributed by atoms with Crippen LogP contribution in [0.2, 0.25) is 0 Å². The van der Waals surface area contributed by atoms with Gasteiger partial charge in [0.1, 0.15) is 0 Å². The highest BCUT2D eigenvalue weighted by molar-refractivity contribution is 5.85. The van der Waals surface area contributed by atoms with Crippen LogP contribution in [0.25, 0.3) is 10.8 Å². The second-order valence-corrected chi connectivity index (χ2v) is 5.36. The molecule has 2 heteroatoms. The minimum absolute atomic E-state index is 0.0930. The molecule has 0 saturated carbocycles. The summed E-state index contributed by atoms with van der Waals surface area (Å²) in [5, 5.41) is 2.41. The van der Waals surface area contributed by atoms with E-state index in [1.807, 2.05) is 12.4 Å². The summed E-state index contributed by atoms with van der Waals surface area (Å²) in [4.78, 5) is 4.18. The fourth-order valence-electron chi connectivity index (χ4n) is 2.95. The van der Waals surface area contributed by atoms with Gasteiger partial charge in [-0.1, -0.05) is 29.8 Å². The molecule has 19 heavy (non-hydrogen) atoms. The summed E-state index contributed by atoms with van der Waals surface area (Å²) in [6.45, 7) is 0. The number of rotatable bonds is 3. The molecular formula is C17H20N2. The molecule has 2 aromatic rings. The second-order valence-electron chi connectivity index (χ2n) is 5.36. The zero-order chi connectivity index (χ0) is 13.1. The van der Waals surface area contributed by atoms with Crippen LogP contribution in [0.15, 0.2) is 48.3 Å². The molecule has 0 amide bonds. The Balaban J connectivity index is 1.88. The summed E-state index contributed by atoms with van der Waals surface area (Å²) < 4.78 is 0. The molecule has 1 heterocycles. The van der Waals surface area contributed by atoms with Crippen molar-refractivity contribution in [1.82, 2.24) is 4.98 Å². The highest BCUT2D eigenvalue weighted by atomic mass is 14.6. The van der Waals surface area contributed by atoms with Gasteiger partial charge in [-0.15, -0.1) is 0 Å². The number of pyridine rings is 1. The number of nitrogens with zero attached hydrogens (tertiary/aromatic N) is 1. The lowest BCUT2D eigenvalue weighted by Crippen LogP contribution is -2.12. The van der Waals surface area contributed by atoms with E-state index in [4.69, 9.17) is 5.73 Å². The van der Waals surface area contributed by atoms with E-state index < -0.39 is 0 Å². The fourth-order valence-corrected chi connectivity index (χ4v) is 2.95. The molecule has 1 atom stereocenters. The molecule has 1 aliphatic carbocycles. The van der Waals surface area contributed by atoms with E-state index in [2.05, 4.69) is 35.3 Å². The zero-order valence-corrected chi connectivity index (χ0v) is 11.2. The lowest BCUT2D eigenvalue weighted by atomic mass is 9.90. The topological polar surface area (TPSA) is 38.9 Å². The number of benzene rings is 1. The van der Waals surface area contributed by atoms with Gasteiger partial charge in [-0.25, -0.2) is 0 Å². The average Bonchev–Trinajstić information content (AvgIpc) is 2.47. The van der Waals surface area contributed by atoms with E-state index in [9.17, 15) is 0 Å². The summed E-state index contributed by atoms with van der Waals surface area (Å²) in [7, 11) is 0. The Morgan fingerprint density at radius 2 is 2.16 bits per heavy atom. The lowest BCUT2D eigenvalue weighted by Gasteiger charge is -2.19. The molecule has 0 spiro atoms. The SMILES string of the molecule is NC(CC1=CCCCC1)c1cccc2cnccc12. The lowest BCUT2D eigenvalue weighted by molar-refractivity contribution is 0.630. The first kappa shape index (κ1) is 12.4. The van der Waals surface area contributed by atoms with E-state index >= 15 is 0 Å². The summed E-state index contributed by atoms with van der Waals surface area (Å²) >= 11 is 0. The number of hydrogen-bond donors (Lipinski definition) is 1. The van der Waals surface area contributed by atoms with Crippen LogP contribution in [0.3, 0.4) is 0 Å². The van der Waals surface area contributed by atoms with Gasteiger partial charge in [0.15, 0.2) is 0 Å². The minimum atomic E-state index is 0.0930. The summed E-state index contributed by atoms with van der Waals surface area (Å²) in [6, 6.07) is 8.48. The number of fused-ring (bicyclic) bond motifs is 1. The maximum Gasteiger partial charge on any atom is 0.0346 e. The van der Waals surface area contributed by atoms with Crippen molar-refractivity contribution in [1.29, 1.82) is 0 Å². The Kier molecular flexibility index (Phi) is 3.60. The van der Waals surface area contributed by atoms with Crippen LogP contribution in [-0.2, 0) is 0 Å². The summed E-state index contributed by atoms with van der Waals surface area (Å²) in [5.41, 5.74) is 9.20. The molecule has 3 rings (SSSR count). The first-order valence-electron chi connectivity index (χ1n) is 7.11. The maximum absolute atomic E-state index is 6.43. The minimum Gasteiger partial charge on any atom is -0.324 e. The Bertz CT molecular complexity index is 596. The van der Waals surface area contributed by atoms with Crippen molar-refractivity contribution < 1.29 is 0 Å². The van der Waals surface area contributed by atoms with Gasteiger partial charge < -0.3 is 5.73 Å². The number of aromatic nitrogens is 1. The standard InChI is InChI=1S/C17H20N2/c18-17(11-13-5-2-1-3-6-13)16-8-4-7-14-12-19-10-9-15(14)16/h4-5,7-10,12,17H,1-3,6,11,18H2. The van der Waals surface area contributed by atoms with Gasteiger partial charge in [-0.3, -0.25) is 4.98 Å². The summed E-state index contributed by atoms with van der Waals surface area (Å²) in [5.74, 6) is 0. The normalized spacial score (nSPS) is 17.2. The number of nitrogens with two attached hydrogens (primary N) is 1. The van der Waals surface area contributed by atoms with Crippen LogP contribution < -0.4 is 5.73 Å².